The topological polar surface area (TPSA) is 38.7 Å². The van der Waals surface area contributed by atoms with Crippen molar-refractivity contribution in [3.63, 3.8) is 0 Å². The molecule has 232 valence electrons. The van der Waals surface area contributed by atoms with Crippen LogP contribution in [0.25, 0.3) is 78.3 Å². The molecule has 0 saturated heterocycles. The van der Waals surface area contributed by atoms with E-state index in [2.05, 4.69) is 24.3 Å². The molecule has 0 N–H and O–H groups in total. The molecule has 1 aliphatic carbocycles. The van der Waals surface area contributed by atoms with Gasteiger partial charge in [0.2, 0.25) is 0 Å². The number of nitrogens with zero attached hydrogens (tertiary/aromatic N) is 3. The Balaban J connectivity index is 1.18. The summed E-state index contributed by atoms with van der Waals surface area (Å²) in [5, 5.41) is 1.85. The van der Waals surface area contributed by atoms with Gasteiger partial charge in [0.25, 0.3) is 5.92 Å². The molecule has 1 heterocycles. The third-order valence-corrected chi connectivity index (χ3v) is 9.31. The lowest BCUT2D eigenvalue weighted by Crippen LogP contribution is -2.10. The van der Waals surface area contributed by atoms with Crippen LogP contribution in [0.3, 0.4) is 0 Å². The van der Waals surface area contributed by atoms with E-state index in [1.54, 1.807) is 24.3 Å². The van der Waals surface area contributed by atoms with Gasteiger partial charge in [-0.1, -0.05) is 152 Å². The number of benzene rings is 7. The minimum absolute atomic E-state index is 0.0345. The minimum Gasteiger partial charge on any atom is -0.208 e. The molecule has 0 saturated carbocycles. The van der Waals surface area contributed by atoms with Crippen molar-refractivity contribution < 1.29 is 8.78 Å². The third kappa shape index (κ3) is 4.90. The van der Waals surface area contributed by atoms with Crippen LogP contribution in [0.4, 0.5) is 8.78 Å². The second kappa shape index (κ2) is 11.4. The van der Waals surface area contributed by atoms with E-state index in [4.69, 9.17) is 15.0 Å². The van der Waals surface area contributed by atoms with E-state index in [9.17, 15) is 0 Å². The monoisotopic (exact) mass is 635 g/mol. The number of rotatable bonds is 5. The molecule has 0 unspecified atom stereocenters. The molecule has 49 heavy (non-hydrogen) atoms. The van der Waals surface area contributed by atoms with Crippen LogP contribution >= 0.6 is 0 Å². The summed E-state index contributed by atoms with van der Waals surface area (Å²) < 4.78 is 31.3. The van der Waals surface area contributed by atoms with Gasteiger partial charge >= 0.3 is 0 Å². The second-order valence-electron chi connectivity index (χ2n) is 12.2. The highest BCUT2D eigenvalue weighted by Crippen LogP contribution is 2.52. The molecule has 1 aromatic heterocycles. The molecule has 8 aromatic rings. The summed E-state index contributed by atoms with van der Waals surface area (Å²) in [5.74, 6) is -1.39. The van der Waals surface area contributed by atoms with Gasteiger partial charge in [-0.3, -0.25) is 0 Å². The SMILES string of the molecule is FC1(F)c2ccccc2-c2ccc(-c3ccc(-c4nc(-c5ccccc5)nc(-c5ccc(-c6ccccc6)cc5)n4)c4ccccc34)cc21. The van der Waals surface area contributed by atoms with Crippen LogP contribution in [0.2, 0.25) is 0 Å². The fourth-order valence-electron chi connectivity index (χ4n) is 6.87. The first-order chi connectivity index (χ1) is 24.0. The Labute approximate surface area is 282 Å². The summed E-state index contributed by atoms with van der Waals surface area (Å²) in [5.41, 5.74) is 7.68. The molecule has 0 bridgehead atoms. The van der Waals surface area contributed by atoms with Gasteiger partial charge in [0.05, 0.1) is 0 Å². The van der Waals surface area contributed by atoms with E-state index in [1.807, 2.05) is 109 Å². The highest BCUT2D eigenvalue weighted by Gasteiger charge is 2.44. The molecule has 0 spiro atoms. The van der Waals surface area contributed by atoms with Crippen molar-refractivity contribution in [3.8, 4) is 67.5 Å². The highest BCUT2D eigenvalue weighted by molar-refractivity contribution is 6.04. The summed E-state index contributed by atoms with van der Waals surface area (Å²) in [6.45, 7) is 0. The lowest BCUT2D eigenvalue weighted by atomic mass is 9.92. The number of halogens is 2. The maximum Gasteiger partial charge on any atom is 0.299 e. The van der Waals surface area contributed by atoms with Gasteiger partial charge in [0, 0.05) is 27.8 Å². The van der Waals surface area contributed by atoms with Crippen LogP contribution in [-0.2, 0) is 5.92 Å². The largest absolute Gasteiger partial charge is 0.299 e. The smallest absolute Gasteiger partial charge is 0.208 e. The van der Waals surface area contributed by atoms with Crippen molar-refractivity contribution in [2.45, 2.75) is 5.92 Å². The quantitative estimate of drug-likeness (QED) is 0.189. The number of alkyl halides is 2. The standard InChI is InChI=1S/C44H27F2N3/c45-44(46)39-18-10-9-17-36(39)37-24-23-32(27-40(37)44)33-25-26-38(35-16-8-7-15-34(33)35)43-48-41(30-13-5-2-6-14-30)47-42(49-43)31-21-19-29(20-22-31)28-11-3-1-4-12-28/h1-27H. The van der Waals surface area contributed by atoms with Crippen molar-refractivity contribution >= 4 is 10.8 Å². The molecule has 0 fully saturated rings. The van der Waals surface area contributed by atoms with Crippen molar-refractivity contribution in [2.24, 2.45) is 0 Å². The predicted octanol–water partition coefficient (Wildman–Crippen LogP) is 11.5. The summed E-state index contributed by atoms with van der Waals surface area (Å²) in [6.07, 6.45) is 0. The third-order valence-electron chi connectivity index (χ3n) is 9.31. The van der Waals surface area contributed by atoms with Gasteiger partial charge in [0.1, 0.15) is 0 Å². The van der Waals surface area contributed by atoms with Gasteiger partial charge in [-0.05, 0) is 56.3 Å². The normalized spacial score (nSPS) is 12.9. The number of fused-ring (bicyclic) bond motifs is 4. The Hall–Kier alpha value is -6.33. The Bertz CT molecular complexity index is 2510. The van der Waals surface area contributed by atoms with Crippen LogP contribution in [0.5, 0.6) is 0 Å². The van der Waals surface area contributed by atoms with Crippen LogP contribution in [0, 0.1) is 0 Å². The zero-order valence-electron chi connectivity index (χ0n) is 26.2. The Morgan fingerprint density at radius 1 is 0.327 bits per heavy atom. The molecule has 7 aromatic carbocycles. The van der Waals surface area contributed by atoms with Crippen molar-refractivity contribution in [2.75, 3.05) is 0 Å². The first-order valence-electron chi connectivity index (χ1n) is 16.2. The molecule has 0 radical (unpaired) electrons. The van der Waals surface area contributed by atoms with Crippen LogP contribution in [0.1, 0.15) is 11.1 Å². The van der Waals surface area contributed by atoms with Crippen LogP contribution < -0.4 is 0 Å². The average molecular weight is 636 g/mol. The Kier molecular flexibility index (Phi) is 6.73. The molecule has 0 amide bonds. The molecule has 0 aliphatic heterocycles. The summed E-state index contributed by atoms with van der Waals surface area (Å²) >= 11 is 0. The molecular weight excluding hydrogens is 609 g/mol. The van der Waals surface area contributed by atoms with Gasteiger partial charge in [-0.15, -0.1) is 0 Å². The van der Waals surface area contributed by atoms with Crippen LogP contribution in [0.15, 0.2) is 164 Å². The second-order valence-corrected chi connectivity index (χ2v) is 12.2. The van der Waals surface area contributed by atoms with E-state index in [-0.39, 0.29) is 11.1 Å². The molecule has 3 nitrogen and oxygen atoms in total. The van der Waals surface area contributed by atoms with Gasteiger partial charge in [-0.2, -0.15) is 8.78 Å². The average Bonchev–Trinajstić information content (AvgIpc) is 3.40. The minimum atomic E-state index is -3.06. The Morgan fingerprint density at radius 2 is 0.776 bits per heavy atom. The van der Waals surface area contributed by atoms with Crippen LogP contribution in [-0.4, -0.2) is 15.0 Å². The predicted molar refractivity (Wildman–Crippen MR) is 193 cm³/mol. The van der Waals surface area contributed by atoms with E-state index in [0.29, 0.717) is 28.6 Å². The molecule has 5 heteroatoms. The van der Waals surface area contributed by atoms with Gasteiger partial charge in [0.15, 0.2) is 17.5 Å². The number of aromatic nitrogens is 3. The van der Waals surface area contributed by atoms with E-state index in [0.717, 1.165) is 49.7 Å². The maximum absolute atomic E-state index is 15.7. The lowest BCUT2D eigenvalue weighted by molar-refractivity contribution is 0.0480. The van der Waals surface area contributed by atoms with Crippen molar-refractivity contribution in [3.05, 3.63) is 175 Å². The maximum atomic E-state index is 15.7. The van der Waals surface area contributed by atoms with E-state index >= 15 is 8.78 Å². The summed E-state index contributed by atoms with van der Waals surface area (Å²) in [7, 11) is 0. The van der Waals surface area contributed by atoms with Crippen molar-refractivity contribution in [1.82, 2.24) is 15.0 Å². The molecule has 9 rings (SSSR count). The van der Waals surface area contributed by atoms with Gasteiger partial charge in [-0.25, -0.2) is 15.0 Å². The zero-order valence-corrected chi connectivity index (χ0v) is 26.2. The van der Waals surface area contributed by atoms with Crippen molar-refractivity contribution in [1.29, 1.82) is 0 Å². The lowest BCUT2D eigenvalue weighted by Gasteiger charge is -2.15. The van der Waals surface area contributed by atoms with E-state index in [1.165, 1.54) is 6.07 Å². The molecule has 0 atom stereocenters. The fourth-order valence-corrected chi connectivity index (χ4v) is 6.87. The Morgan fingerprint density at radius 3 is 1.49 bits per heavy atom. The highest BCUT2D eigenvalue weighted by atomic mass is 19.3. The fraction of sp³-hybridized carbons (Fsp3) is 0.0227. The molecular formula is C44H27F2N3. The summed E-state index contributed by atoms with van der Waals surface area (Å²) in [4.78, 5) is 14.9. The number of hydrogen-bond donors (Lipinski definition) is 0. The summed E-state index contributed by atoms with van der Waals surface area (Å²) in [6, 6.07) is 52.5. The number of hydrogen-bond acceptors (Lipinski definition) is 3. The first-order valence-corrected chi connectivity index (χ1v) is 16.2. The van der Waals surface area contributed by atoms with E-state index < -0.39 is 5.92 Å². The molecule has 1 aliphatic rings. The first kappa shape index (κ1) is 28.9. The zero-order chi connectivity index (χ0) is 33.0. The van der Waals surface area contributed by atoms with Gasteiger partial charge < -0.3 is 0 Å².